The number of carboxylic acid groups (broad SMARTS) is 1. The minimum Gasteiger partial charge on any atom is -0.481 e. The topological polar surface area (TPSA) is 102 Å². The van der Waals surface area contributed by atoms with Crippen molar-refractivity contribution < 1.29 is 29.0 Å². The van der Waals surface area contributed by atoms with Gasteiger partial charge in [-0.15, -0.1) is 0 Å². The largest absolute Gasteiger partial charge is 0.481 e. The highest BCUT2D eigenvalue weighted by molar-refractivity contribution is 5.70. The molecule has 2 atom stereocenters. The number of ether oxygens (including phenoxy) is 2. The SMILES string of the molecule is CCC(=O)O[C@@H](C)OC(=O)NCCC[C@H](CCCC(C)C)CCC(=O)O. The van der Waals surface area contributed by atoms with E-state index in [1.807, 2.05) is 0 Å². The second-order valence-corrected chi connectivity index (χ2v) is 7.01. The molecule has 0 aliphatic carbocycles. The van der Waals surface area contributed by atoms with Crippen molar-refractivity contribution in [1.29, 1.82) is 0 Å². The number of carboxylic acids is 1. The van der Waals surface area contributed by atoms with Crippen molar-refractivity contribution in [1.82, 2.24) is 5.32 Å². The van der Waals surface area contributed by atoms with Gasteiger partial charge in [0, 0.05) is 26.3 Å². The maximum Gasteiger partial charge on any atom is 0.410 e. The Hall–Kier alpha value is -1.79. The van der Waals surface area contributed by atoms with Crippen LogP contribution in [0.15, 0.2) is 0 Å². The second-order valence-electron chi connectivity index (χ2n) is 7.01. The van der Waals surface area contributed by atoms with Crippen LogP contribution in [-0.4, -0.2) is 36.0 Å². The molecule has 2 N–H and O–H groups in total. The van der Waals surface area contributed by atoms with Crippen molar-refractivity contribution in [3.63, 3.8) is 0 Å². The molecule has 0 aromatic rings. The molecule has 0 aliphatic rings. The Morgan fingerprint density at radius 1 is 0.962 bits per heavy atom. The quantitative estimate of drug-likeness (QED) is 0.270. The number of alkyl carbamates (subject to hydrolysis) is 1. The Kier molecular flexibility index (Phi) is 13.4. The molecule has 1 amide bonds. The summed E-state index contributed by atoms with van der Waals surface area (Å²) < 4.78 is 9.78. The third-order valence-electron chi connectivity index (χ3n) is 4.08. The van der Waals surface area contributed by atoms with E-state index < -0.39 is 24.3 Å². The fraction of sp³-hybridized carbons (Fsp3) is 0.842. The molecule has 0 unspecified atom stereocenters. The van der Waals surface area contributed by atoms with E-state index in [2.05, 4.69) is 19.2 Å². The van der Waals surface area contributed by atoms with Crippen LogP contribution < -0.4 is 5.32 Å². The maximum absolute atomic E-state index is 11.6. The van der Waals surface area contributed by atoms with Crippen LogP contribution in [0.25, 0.3) is 0 Å². The minimum absolute atomic E-state index is 0.183. The Labute approximate surface area is 156 Å². The van der Waals surface area contributed by atoms with Crippen molar-refractivity contribution >= 4 is 18.0 Å². The van der Waals surface area contributed by atoms with Gasteiger partial charge in [-0.1, -0.05) is 40.0 Å². The first kappa shape index (κ1) is 24.2. The summed E-state index contributed by atoms with van der Waals surface area (Å²) in [5.41, 5.74) is 0. The van der Waals surface area contributed by atoms with E-state index in [4.69, 9.17) is 14.6 Å². The number of carbonyl (C=O) groups excluding carboxylic acids is 2. The predicted molar refractivity (Wildman–Crippen MR) is 98.6 cm³/mol. The van der Waals surface area contributed by atoms with Gasteiger partial charge in [0.15, 0.2) is 0 Å². The van der Waals surface area contributed by atoms with E-state index in [0.29, 0.717) is 24.8 Å². The number of hydrogen-bond donors (Lipinski definition) is 2. The summed E-state index contributed by atoms with van der Waals surface area (Å²) in [4.78, 5) is 33.5. The van der Waals surface area contributed by atoms with Crippen LogP contribution in [0.1, 0.15) is 79.1 Å². The molecule has 0 aromatic heterocycles. The highest BCUT2D eigenvalue weighted by atomic mass is 16.7. The van der Waals surface area contributed by atoms with Gasteiger partial charge in [0.05, 0.1) is 0 Å². The summed E-state index contributed by atoms with van der Waals surface area (Å²) in [6.45, 7) is 7.96. The molecule has 0 spiro atoms. The molecule has 0 saturated heterocycles. The van der Waals surface area contributed by atoms with Gasteiger partial charge in [0.1, 0.15) is 0 Å². The van der Waals surface area contributed by atoms with Gasteiger partial charge >= 0.3 is 18.0 Å². The number of hydrogen-bond acceptors (Lipinski definition) is 5. The first-order chi connectivity index (χ1) is 12.2. The molecule has 152 valence electrons. The molecular weight excluding hydrogens is 338 g/mol. The molecule has 0 saturated carbocycles. The van der Waals surface area contributed by atoms with Gasteiger partial charge in [0.25, 0.3) is 0 Å². The Bertz CT molecular complexity index is 424. The van der Waals surface area contributed by atoms with Gasteiger partial charge in [-0.3, -0.25) is 9.59 Å². The number of esters is 1. The smallest absolute Gasteiger partial charge is 0.410 e. The molecule has 0 radical (unpaired) electrons. The highest BCUT2D eigenvalue weighted by Crippen LogP contribution is 2.21. The average molecular weight is 373 g/mol. The molecule has 0 rings (SSSR count). The van der Waals surface area contributed by atoms with Crippen molar-refractivity contribution in [2.24, 2.45) is 11.8 Å². The van der Waals surface area contributed by atoms with Gasteiger partial charge in [0.2, 0.25) is 6.29 Å². The summed E-state index contributed by atoms with van der Waals surface area (Å²) in [5.74, 6) is -0.188. The zero-order valence-corrected chi connectivity index (χ0v) is 16.6. The molecular formula is C19H35NO6. The molecule has 7 heteroatoms. The number of rotatable bonds is 14. The normalized spacial score (nSPS) is 13.1. The average Bonchev–Trinajstić information content (AvgIpc) is 2.54. The Morgan fingerprint density at radius 3 is 2.19 bits per heavy atom. The van der Waals surface area contributed by atoms with Crippen LogP contribution in [0.5, 0.6) is 0 Å². The lowest BCUT2D eigenvalue weighted by Crippen LogP contribution is -2.30. The van der Waals surface area contributed by atoms with E-state index in [9.17, 15) is 14.4 Å². The number of nitrogens with one attached hydrogen (secondary N) is 1. The lowest BCUT2D eigenvalue weighted by Gasteiger charge is -2.17. The first-order valence-corrected chi connectivity index (χ1v) is 9.60. The number of carbonyl (C=O) groups is 3. The van der Waals surface area contributed by atoms with Gasteiger partial charge in [-0.25, -0.2) is 4.79 Å². The van der Waals surface area contributed by atoms with Crippen LogP contribution in [0.4, 0.5) is 4.79 Å². The van der Waals surface area contributed by atoms with Crippen LogP contribution in [0, 0.1) is 11.8 Å². The minimum atomic E-state index is -0.915. The summed E-state index contributed by atoms with van der Waals surface area (Å²) in [6, 6.07) is 0. The van der Waals surface area contributed by atoms with Gasteiger partial charge in [-0.2, -0.15) is 0 Å². The van der Waals surface area contributed by atoms with Crippen molar-refractivity contribution in [3.8, 4) is 0 Å². The maximum atomic E-state index is 11.6. The Morgan fingerprint density at radius 2 is 1.62 bits per heavy atom. The van der Waals surface area contributed by atoms with Crippen LogP contribution in [-0.2, 0) is 19.1 Å². The summed E-state index contributed by atoms with van der Waals surface area (Å²) in [6.07, 6.45) is 4.41. The van der Waals surface area contributed by atoms with E-state index in [1.54, 1.807) is 6.92 Å². The summed E-state index contributed by atoms with van der Waals surface area (Å²) in [7, 11) is 0. The molecule has 0 heterocycles. The van der Waals surface area contributed by atoms with Gasteiger partial charge in [-0.05, 0) is 31.1 Å². The monoisotopic (exact) mass is 373 g/mol. The van der Waals surface area contributed by atoms with Crippen molar-refractivity contribution in [2.45, 2.75) is 85.4 Å². The van der Waals surface area contributed by atoms with E-state index in [0.717, 1.165) is 32.1 Å². The molecule has 0 aliphatic heterocycles. The molecule has 0 bridgehead atoms. The van der Waals surface area contributed by atoms with E-state index in [1.165, 1.54) is 6.92 Å². The molecule has 0 fully saturated rings. The van der Waals surface area contributed by atoms with E-state index >= 15 is 0 Å². The van der Waals surface area contributed by atoms with Crippen LogP contribution in [0.2, 0.25) is 0 Å². The highest BCUT2D eigenvalue weighted by Gasteiger charge is 2.14. The lowest BCUT2D eigenvalue weighted by atomic mass is 9.90. The van der Waals surface area contributed by atoms with Crippen LogP contribution >= 0.6 is 0 Å². The zero-order chi connectivity index (χ0) is 19.9. The summed E-state index contributed by atoms with van der Waals surface area (Å²) >= 11 is 0. The number of aliphatic carboxylic acids is 1. The second kappa shape index (κ2) is 14.4. The fourth-order valence-corrected chi connectivity index (χ4v) is 2.64. The Balaban J connectivity index is 4.04. The number of amides is 1. The van der Waals surface area contributed by atoms with Crippen molar-refractivity contribution in [2.75, 3.05) is 6.54 Å². The predicted octanol–water partition coefficient (Wildman–Crippen LogP) is 4.10. The molecule has 7 nitrogen and oxygen atoms in total. The third-order valence-corrected chi connectivity index (χ3v) is 4.08. The molecule has 26 heavy (non-hydrogen) atoms. The van der Waals surface area contributed by atoms with Gasteiger partial charge < -0.3 is 19.9 Å². The van der Waals surface area contributed by atoms with Crippen molar-refractivity contribution in [3.05, 3.63) is 0 Å². The first-order valence-electron chi connectivity index (χ1n) is 9.60. The molecule has 0 aromatic carbocycles. The van der Waals surface area contributed by atoms with E-state index in [-0.39, 0.29) is 12.8 Å². The zero-order valence-electron chi connectivity index (χ0n) is 16.6. The summed E-state index contributed by atoms with van der Waals surface area (Å²) in [5, 5.41) is 11.5. The lowest BCUT2D eigenvalue weighted by molar-refractivity contribution is -0.164. The van der Waals surface area contributed by atoms with Crippen LogP contribution in [0.3, 0.4) is 0 Å². The standard InChI is InChI=1S/C19H35NO6/c1-5-18(23)25-15(4)26-19(24)20-13-7-10-16(11-12-17(21)22)9-6-8-14(2)3/h14-16H,5-13H2,1-4H3,(H,20,24)(H,21,22)/t15-,16+/m1/s1. The fourth-order valence-electron chi connectivity index (χ4n) is 2.64. The third kappa shape index (κ3) is 14.5.